The molecule has 6 nitrogen and oxygen atoms in total. The lowest BCUT2D eigenvalue weighted by Crippen LogP contribution is -2.16. The second kappa shape index (κ2) is 5.31. The Morgan fingerprint density at radius 2 is 2.18 bits per heavy atom. The molecule has 2 aromatic rings. The summed E-state index contributed by atoms with van der Waals surface area (Å²) < 4.78 is 4.84. The largest absolute Gasteiger partial charge is 0.504 e. The maximum absolute atomic E-state index is 9.55. The van der Waals surface area contributed by atoms with Crippen molar-refractivity contribution in [2.45, 2.75) is 13.0 Å². The number of hydrogen-bond donors (Lipinski definition) is 3. The standard InChI is InChI=1S/C11H13N3O3/c15-9-3-1-2-8(11(9)16)6-12-5-4-10-13-7-14-17-10/h1-3,7,12,15-16H,4-6H2. The van der Waals surface area contributed by atoms with E-state index in [-0.39, 0.29) is 11.5 Å². The molecule has 17 heavy (non-hydrogen) atoms. The Labute approximate surface area is 97.9 Å². The zero-order valence-electron chi connectivity index (χ0n) is 9.13. The molecule has 0 aliphatic rings. The van der Waals surface area contributed by atoms with Crippen molar-refractivity contribution in [2.24, 2.45) is 0 Å². The van der Waals surface area contributed by atoms with Gasteiger partial charge in [0.15, 0.2) is 17.8 Å². The van der Waals surface area contributed by atoms with Crippen LogP contribution in [0.5, 0.6) is 11.5 Å². The Kier molecular flexibility index (Phi) is 3.56. The fourth-order valence-electron chi connectivity index (χ4n) is 1.44. The maximum Gasteiger partial charge on any atom is 0.227 e. The fraction of sp³-hybridized carbons (Fsp3) is 0.273. The van der Waals surface area contributed by atoms with E-state index in [1.165, 1.54) is 12.4 Å². The fourth-order valence-corrected chi connectivity index (χ4v) is 1.44. The molecule has 1 aromatic heterocycles. The zero-order valence-corrected chi connectivity index (χ0v) is 9.13. The summed E-state index contributed by atoms with van der Waals surface area (Å²) in [6.07, 6.45) is 1.98. The number of rotatable bonds is 5. The molecule has 90 valence electrons. The molecular weight excluding hydrogens is 222 g/mol. The number of aromatic hydroxyl groups is 2. The van der Waals surface area contributed by atoms with Gasteiger partial charge in [0.25, 0.3) is 0 Å². The topological polar surface area (TPSA) is 91.4 Å². The van der Waals surface area contributed by atoms with Gasteiger partial charge in [-0.25, -0.2) is 0 Å². The van der Waals surface area contributed by atoms with Gasteiger partial charge in [-0.1, -0.05) is 17.3 Å². The molecule has 2 rings (SSSR count). The third-order valence-corrected chi connectivity index (χ3v) is 2.34. The van der Waals surface area contributed by atoms with E-state index in [0.717, 1.165) is 0 Å². The highest BCUT2D eigenvalue weighted by atomic mass is 16.5. The lowest BCUT2D eigenvalue weighted by Gasteiger charge is -2.06. The summed E-state index contributed by atoms with van der Waals surface area (Å²) in [6, 6.07) is 4.87. The van der Waals surface area contributed by atoms with Crippen LogP contribution >= 0.6 is 0 Å². The first-order valence-electron chi connectivity index (χ1n) is 5.23. The minimum atomic E-state index is -0.110. The van der Waals surface area contributed by atoms with Crippen LogP contribution in [0.2, 0.25) is 0 Å². The predicted octanol–water partition coefficient (Wildman–Crippen LogP) is 0.813. The van der Waals surface area contributed by atoms with Crippen LogP contribution in [0.15, 0.2) is 29.0 Å². The minimum absolute atomic E-state index is 0.0854. The van der Waals surface area contributed by atoms with Crippen molar-refractivity contribution in [3.05, 3.63) is 36.0 Å². The molecule has 0 atom stereocenters. The molecule has 0 bridgehead atoms. The molecule has 0 spiro atoms. The van der Waals surface area contributed by atoms with E-state index < -0.39 is 0 Å². The summed E-state index contributed by atoms with van der Waals surface area (Å²) in [7, 11) is 0. The summed E-state index contributed by atoms with van der Waals surface area (Å²) in [6.45, 7) is 1.12. The summed E-state index contributed by atoms with van der Waals surface area (Å²) in [5.41, 5.74) is 0.649. The predicted molar refractivity (Wildman–Crippen MR) is 59.5 cm³/mol. The molecule has 0 radical (unpaired) electrons. The number of hydrogen-bond acceptors (Lipinski definition) is 6. The van der Waals surface area contributed by atoms with Gasteiger partial charge in [-0.2, -0.15) is 4.98 Å². The van der Waals surface area contributed by atoms with Crippen molar-refractivity contribution in [3.63, 3.8) is 0 Å². The number of phenolic OH excluding ortho intramolecular Hbond substituents is 2. The summed E-state index contributed by atoms with van der Waals surface area (Å²) >= 11 is 0. The van der Waals surface area contributed by atoms with Gasteiger partial charge in [-0.15, -0.1) is 0 Å². The minimum Gasteiger partial charge on any atom is -0.504 e. The van der Waals surface area contributed by atoms with Crippen LogP contribution in [-0.4, -0.2) is 26.9 Å². The Bertz CT molecular complexity index is 471. The number of para-hydroxylation sites is 1. The van der Waals surface area contributed by atoms with E-state index in [4.69, 9.17) is 4.52 Å². The molecular formula is C11H13N3O3. The lowest BCUT2D eigenvalue weighted by molar-refractivity contribution is 0.374. The SMILES string of the molecule is Oc1cccc(CNCCc2ncno2)c1O. The van der Waals surface area contributed by atoms with Crippen LogP contribution in [0, 0.1) is 0 Å². The molecule has 1 aromatic carbocycles. The number of nitrogens with one attached hydrogen (secondary N) is 1. The number of phenols is 2. The van der Waals surface area contributed by atoms with Crippen LogP contribution in [0.25, 0.3) is 0 Å². The molecule has 3 N–H and O–H groups in total. The first-order valence-corrected chi connectivity index (χ1v) is 5.23. The number of benzene rings is 1. The Hall–Kier alpha value is -2.08. The van der Waals surface area contributed by atoms with Crippen molar-refractivity contribution in [3.8, 4) is 11.5 Å². The average Bonchev–Trinajstić information content (AvgIpc) is 2.83. The van der Waals surface area contributed by atoms with Gasteiger partial charge < -0.3 is 20.1 Å². The van der Waals surface area contributed by atoms with Gasteiger partial charge in [0, 0.05) is 25.1 Å². The lowest BCUT2D eigenvalue weighted by atomic mass is 10.2. The van der Waals surface area contributed by atoms with Crippen molar-refractivity contribution in [2.75, 3.05) is 6.54 Å². The van der Waals surface area contributed by atoms with E-state index in [1.54, 1.807) is 12.1 Å². The van der Waals surface area contributed by atoms with E-state index in [2.05, 4.69) is 15.5 Å². The van der Waals surface area contributed by atoms with E-state index in [0.29, 0.717) is 31.0 Å². The molecule has 1 heterocycles. The second-order valence-electron chi connectivity index (χ2n) is 3.55. The van der Waals surface area contributed by atoms with E-state index in [9.17, 15) is 10.2 Å². The Morgan fingerprint density at radius 3 is 2.94 bits per heavy atom. The molecule has 6 heteroatoms. The first kappa shape index (κ1) is 11.4. The molecule has 0 fully saturated rings. The van der Waals surface area contributed by atoms with Crippen LogP contribution < -0.4 is 5.32 Å². The quantitative estimate of drug-likeness (QED) is 0.525. The Balaban J connectivity index is 1.80. The van der Waals surface area contributed by atoms with Crippen LogP contribution in [0.1, 0.15) is 11.5 Å². The monoisotopic (exact) mass is 235 g/mol. The summed E-state index contributed by atoms with van der Waals surface area (Å²) in [5.74, 6) is 0.372. The van der Waals surface area contributed by atoms with Crippen molar-refractivity contribution >= 4 is 0 Å². The van der Waals surface area contributed by atoms with Gasteiger partial charge in [-0.05, 0) is 6.07 Å². The van der Waals surface area contributed by atoms with Crippen LogP contribution in [0.4, 0.5) is 0 Å². The Morgan fingerprint density at radius 1 is 1.29 bits per heavy atom. The van der Waals surface area contributed by atoms with Crippen LogP contribution in [-0.2, 0) is 13.0 Å². The number of aromatic nitrogens is 2. The van der Waals surface area contributed by atoms with Gasteiger partial charge in [0.2, 0.25) is 5.89 Å². The van der Waals surface area contributed by atoms with E-state index >= 15 is 0 Å². The molecule has 0 aliphatic carbocycles. The van der Waals surface area contributed by atoms with Crippen molar-refractivity contribution in [1.29, 1.82) is 0 Å². The normalized spacial score (nSPS) is 10.6. The maximum atomic E-state index is 9.55. The average molecular weight is 235 g/mol. The highest BCUT2D eigenvalue weighted by Crippen LogP contribution is 2.27. The van der Waals surface area contributed by atoms with Crippen molar-refractivity contribution < 1.29 is 14.7 Å². The highest BCUT2D eigenvalue weighted by molar-refractivity contribution is 5.44. The third-order valence-electron chi connectivity index (χ3n) is 2.34. The molecule has 0 saturated carbocycles. The molecule has 0 saturated heterocycles. The second-order valence-corrected chi connectivity index (χ2v) is 3.55. The van der Waals surface area contributed by atoms with Crippen molar-refractivity contribution in [1.82, 2.24) is 15.5 Å². The summed E-state index contributed by atoms with van der Waals surface area (Å²) in [4.78, 5) is 3.89. The molecule has 0 aliphatic heterocycles. The zero-order chi connectivity index (χ0) is 12.1. The molecule has 0 amide bonds. The van der Waals surface area contributed by atoms with Gasteiger partial charge in [-0.3, -0.25) is 0 Å². The smallest absolute Gasteiger partial charge is 0.227 e. The van der Waals surface area contributed by atoms with E-state index in [1.807, 2.05) is 0 Å². The van der Waals surface area contributed by atoms with Gasteiger partial charge in [0.1, 0.15) is 0 Å². The highest BCUT2D eigenvalue weighted by Gasteiger charge is 2.05. The summed E-state index contributed by atoms with van der Waals surface area (Å²) in [5, 5.41) is 25.5. The number of nitrogens with zero attached hydrogens (tertiary/aromatic N) is 2. The molecule has 0 unspecified atom stereocenters. The van der Waals surface area contributed by atoms with Gasteiger partial charge >= 0.3 is 0 Å². The first-order chi connectivity index (χ1) is 8.27. The van der Waals surface area contributed by atoms with Crippen LogP contribution in [0.3, 0.4) is 0 Å². The third kappa shape index (κ3) is 2.94. The van der Waals surface area contributed by atoms with Gasteiger partial charge in [0.05, 0.1) is 0 Å².